The van der Waals surface area contributed by atoms with Gasteiger partial charge in [0, 0.05) is 10.4 Å². The van der Waals surface area contributed by atoms with Gasteiger partial charge < -0.3 is 14.6 Å². The highest BCUT2D eigenvalue weighted by molar-refractivity contribution is 7.13. The summed E-state index contributed by atoms with van der Waals surface area (Å²) in [4.78, 5) is 12.4. The van der Waals surface area contributed by atoms with Gasteiger partial charge in [-0.25, -0.2) is 0 Å². The van der Waals surface area contributed by atoms with Crippen molar-refractivity contribution in [3.8, 4) is 27.7 Å². The van der Waals surface area contributed by atoms with Crippen molar-refractivity contribution in [2.45, 2.75) is 0 Å². The van der Waals surface area contributed by atoms with Crippen molar-refractivity contribution in [3.05, 3.63) is 71.1 Å². The van der Waals surface area contributed by atoms with Crippen LogP contribution in [-0.4, -0.2) is 25.6 Å². The zero-order chi connectivity index (χ0) is 18.5. The number of hydrogen-bond acceptors (Lipinski definition) is 5. The second-order valence-corrected chi connectivity index (χ2v) is 6.44. The number of carbonyl (C=O) groups excluding carboxylic acids is 1. The molecule has 0 radical (unpaired) electrons. The Labute approximate surface area is 156 Å². The Morgan fingerprint density at radius 3 is 2.50 bits per heavy atom. The molecule has 0 spiro atoms. The highest BCUT2D eigenvalue weighted by Crippen LogP contribution is 2.38. The summed E-state index contributed by atoms with van der Waals surface area (Å²) >= 11 is 1.64. The van der Waals surface area contributed by atoms with Crippen LogP contribution in [-0.2, 0) is 4.79 Å². The number of methoxy groups -OCH3 is 2. The van der Waals surface area contributed by atoms with Crippen LogP contribution >= 0.6 is 11.3 Å². The van der Waals surface area contributed by atoms with Gasteiger partial charge in [0.1, 0.15) is 12.0 Å². The number of hydrogen-bond donors (Lipinski definition) is 1. The van der Waals surface area contributed by atoms with Crippen LogP contribution in [0.5, 0.6) is 17.2 Å². The summed E-state index contributed by atoms with van der Waals surface area (Å²) in [6.07, 6.45) is 2.23. The number of carbonyl (C=O) groups is 1. The molecule has 3 aromatic rings. The molecule has 4 nitrogen and oxygen atoms in total. The normalized spacial score (nSPS) is 11.2. The van der Waals surface area contributed by atoms with Crippen molar-refractivity contribution in [3.63, 3.8) is 0 Å². The molecule has 2 aromatic carbocycles. The predicted octanol–water partition coefficient (Wildman–Crippen LogP) is 4.77. The fraction of sp³-hybridized carbons (Fsp3) is 0.0952. The molecule has 0 saturated carbocycles. The van der Waals surface area contributed by atoms with E-state index in [-0.39, 0.29) is 5.75 Å². The molecule has 1 N–H and O–H groups in total. The summed E-state index contributed by atoms with van der Waals surface area (Å²) in [5.74, 6) is 1.04. The molecule has 26 heavy (non-hydrogen) atoms. The summed E-state index contributed by atoms with van der Waals surface area (Å²) in [7, 11) is 3.08. The molecule has 132 valence electrons. The van der Waals surface area contributed by atoms with E-state index in [1.54, 1.807) is 36.6 Å². The highest BCUT2D eigenvalue weighted by atomic mass is 32.1. The van der Waals surface area contributed by atoms with E-state index < -0.39 is 0 Å². The number of phenolic OH excluding ortho intramolecular Hbond substituents is 1. The van der Waals surface area contributed by atoms with Gasteiger partial charge in [-0.3, -0.25) is 4.79 Å². The second-order valence-electron chi connectivity index (χ2n) is 5.50. The third-order valence-corrected chi connectivity index (χ3v) is 4.94. The van der Waals surface area contributed by atoms with Crippen LogP contribution in [0.4, 0.5) is 0 Å². The SMILES string of the molecule is COc1cc(C(=CC=O)c2cc(-c3cccs3)ccc2OC)ccc1O. The first-order valence-electron chi connectivity index (χ1n) is 7.93. The van der Waals surface area contributed by atoms with Gasteiger partial charge in [-0.05, 0) is 64.6 Å². The average Bonchev–Trinajstić information content (AvgIpc) is 3.21. The Hall–Kier alpha value is -3.05. The first kappa shape index (κ1) is 17.8. The minimum Gasteiger partial charge on any atom is -0.504 e. The first-order chi connectivity index (χ1) is 12.7. The van der Waals surface area contributed by atoms with E-state index in [0.717, 1.165) is 27.9 Å². The maximum atomic E-state index is 11.3. The lowest BCUT2D eigenvalue weighted by molar-refractivity contribution is -0.104. The summed E-state index contributed by atoms with van der Waals surface area (Å²) in [6, 6.07) is 14.9. The van der Waals surface area contributed by atoms with Crippen molar-refractivity contribution in [1.29, 1.82) is 0 Å². The highest BCUT2D eigenvalue weighted by Gasteiger charge is 2.15. The fourth-order valence-electron chi connectivity index (χ4n) is 2.77. The number of phenols is 1. The summed E-state index contributed by atoms with van der Waals surface area (Å²) in [5, 5.41) is 11.9. The Balaban J connectivity index is 2.18. The van der Waals surface area contributed by atoms with Crippen LogP contribution in [0.25, 0.3) is 16.0 Å². The molecule has 1 aromatic heterocycles. The number of rotatable bonds is 6. The van der Waals surface area contributed by atoms with Gasteiger partial charge in [0.25, 0.3) is 0 Å². The van der Waals surface area contributed by atoms with Gasteiger partial charge in [0.15, 0.2) is 11.5 Å². The summed E-state index contributed by atoms with van der Waals surface area (Å²) in [6.45, 7) is 0. The quantitative estimate of drug-likeness (QED) is 0.504. The van der Waals surface area contributed by atoms with E-state index in [4.69, 9.17) is 9.47 Å². The van der Waals surface area contributed by atoms with Crippen LogP contribution < -0.4 is 9.47 Å². The van der Waals surface area contributed by atoms with Gasteiger partial charge in [-0.15, -0.1) is 11.3 Å². The number of aromatic hydroxyl groups is 1. The van der Waals surface area contributed by atoms with Gasteiger partial charge in [-0.1, -0.05) is 12.1 Å². The van der Waals surface area contributed by atoms with Gasteiger partial charge in [0.2, 0.25) is 0 Å². The van der Waals surface area contributed by atoms with Crippen molar-refractivity contribution in [2.75, 3.05) is 14.2 Å². The average molecular weight is 366 g/mol. The standard InChI is InChI=1S/C21H18O4S/c1-24-19-8-6-15(21-4-3-11-26-21)12-17(19)16(9-10-22)14-5-7-18(23)20(13-14)25-2/h3-13,23H,1-2H3. The zero-order valence-electron chi connectivity index (χ0n) is 14.4. The second kappa shape index (κ2) is 7.89. The van der Waals surface area contributed by atoms with Crippen LogP contribution in [0.1, 0.15) is 11.1 Å². The molecule has 0 aliphatic rings. The lowest BCUT2D eigenvalue weighted by Crippen LogP contribution is -1.96. The molecule has 0 bridgehead atoms. The number of ether oxygens (including phenoxy) is 2. The smallest absolute Gasteiger partial charge is 0.161 e. The van der Waals surface area contributed by atoms with Gasteiger partial charge >= 0.3 is 0 Å². The van der Waals surface area contributed by atoms with Crippen LogP contribution in [0, 0.1) is 0 Å². The molecule has 0 aliphatic carbocycles. The molecule has 0 amide bonds. The molecule has 0 fully saturated rings. The number of aldehydes is 1. The Kier molecular flexibility index (Phi) is 5.39. The van der Waals surface area contributed by atoms with E-state index in [1.165, 1.54) is 13.2 Å². The molecule has 0 unspecified atom stereocenters. The molecule has 3 rings (SSSR count). The Morgan fingerprint density at radius 1 is 1.04 bits per heavy atom. The van der Waals surface area contributed by atoms with Crippen molar-refractivity contribution >= 4 is 23.2 Å². The molecule has 0 atom stereocenters. The number of benzene rings is 2. The monoisotopic (exact) mass is 366 g/mol. The van der Waals surface area contributed by atoms with E-state index in [0.29, 0.717) is 17.1 Å². The van der Waals surface area contributed by atoms with E-state index in [2.05, 4.69) is 0 Å². The van der Waals surface area contributed by atoms with Crippen molar-refractivity contribution in [2.24, 2.45) is 0 Å². The molecular weight excluding hydrogens is 348 g/mol. The number of thiophene rings is 1. The lowest BCUT2D eigenvalue weighted by atomic mass is 9.94. The minimum absolute atomic E-state index is 0.0426. The van der Waals surface area contributed by atoms with Crippen molar-refractivity contribution < 1.29 is 19.4 Å². The lowest BCUT2D eigenvalue weighted by Gasteiger charge is -2.15. The van der Waals surface area contributed by atoms with Crippen LogP contribution in [0.2, 0.25) is 0 Å². The molecule has 5 heteroatoms. The maximum absolute atomic E-state index is 11.3. The van der Waals surface area contributed by atoms with Crippen molar-refractivity contribution in [1.82, 2.24) is 0 Å². The largest absolute Gasteiger partial charge is 0.504 e. The first-order valence-corrected chi connectivity index (χ1v) is 8.81. The van der Waals surface area contributed by atoms with Crippen LogP contribution in [0.15, 0.2) is 60.0 Å². The Bertz CT molecular complexity index is 943. The van der Waals surface area contributed by atoms with E-state index in [9.17, 15) is 9.90 Å². The number of allylic oxidation sites excluding steroid dienone is 1. The topological polar surface area (TPSA) is 55.8 Å². The minimum atomic E-state index is 0.0426. The molecular formula is C21H18O4S. The molecule has 0 saturated heterocycles. The molecule has 1 heterocycles. The third-order valence-electron chi connectivity index (χ3n) is 4.02. The zero-order valence-corrected chi connectivity index (χ0v) is 15.2. The Morgan fingerprint density at radius 2 is 1.85 bits per heavy atom. The van der Waals surface area contributed by atoms with Gasteiger partial charge in [0.05, 0.1) is 14.2 Å². The predicted molar refractivity (Wildman–Crippen MR) is 104 cm³/mol. The summed E-state index contributed by atoms with van der Waals surface area (Å²) in [5.41, 5.74) is 3.26. The fourth-order valence-corrected chi connectivity index (χ4v) is 3.49. The van der Waals surface area contributed by atoms with Crippen LogP contribution in [0.3, 0.4) is 0 Å². The molecule has 0 aliphatic heterocycles. The third kappa shape index (κ3) is 3.48. The van der Waals surface area contributed by atoms with E-state index >= 15 is 0 Å². The van der Waals surface area contributed by atoms with E-state index in [1.807, 2.05) is 35.7 Å². The van der Waals surface area contributed by atoms with Gasteiger partial charge in [-0.2, -0.15) is 0 Å². The summed E-state index contributed by atoms with van der Waals surface area (Å²) < 4.78 is 10.7. The maximum Gasteiger partial charge on any atom is 0.161 e.